The molecule has 0 saturated heterocycles. The summed E-state index contributed by atoms with van der Waals surface area (Å²) >= 11 is 0. The van der Waals surface area contributed by atoms with E-state index in [1.165, 1.54) is 0 Å². The molecule has 1 heterocycles. The van der Waals surface area contributed by atoms with Crippen molar-refractivity contribution in [3.8, 4) is 11.5 Å². The number of hydrogen-bond donors (Lipinski definition) is 3. The highest BCUT2D eigenvalue weighted by Gasteiger charge is 2.35. The number of hydrogen-bond acceptors (Lipinski definition) is 6. The highest BCUT2D eigenvalue weighted by molar-refractivity contribution is 6.00. The van der Waals surface area contributed by atoms with E-state index < -0.39 is 12.1 Å². The van der Waals surface area contributed by atoms with Crippen LogP contribution in [0.25, 0.3) is 0 Å². The molecule has 10 nitrogen and oxygen atoms in total. The number of aliphatic hydroxyl groups is 1. The average Bonchev–Trinajstić information content (AvgIpc) is 3.76. The minimum Gasteiger partial charge on any atom is -0.497 e. The second kappa shape index (κ2) is 11.7. The standard InChI is InChI=1S/C28H36N4O6/c1-17-14-32(18(2)16-33)27(35)23-13-21(29-26(34)19-5-6-19)9-12-24(23)38-25(17)15-31(3)28(36)30-20-7-10-22(37-4)11-8-20/h7-13,17-19,25,33H,5-6,14-16H2,1-4H3,(H,29,34)(H,30,36)/t17-,18-,25-/m1/s1. The first-order chi connectivity index (χ1) is 18.2. The lowest BCUT2D eigenvalue weighted by Crippen LogP contribution is -2.50. The van der Waals surface area contributed by atoms with Crippen LogP contribution in [0.15, 0.2) is 42.5 Å². The lowest BCUT2D eigenvalue weighted by Gasteiger charge is -2.38. The maximum absolute atomic E-state index is 13.5. The molecule has 38 heavy (non-hydrogen) atoms. The van der Waals surface area contributed by atoms with E-state index in [0.29, 0.717) is 35.0 Å². The molecule has 0 bridgehead atoms. The van der Waals surface area contributed by atoms with Gasteiger partial charge in [-0.15, -0.1) is 0 Å². The molecule has 10 heteroatoms. The summed E-state index contributed by atoms with van der Waals surface area (Å²) in [5.41, 5.74) is 1.46. The number of urea groups is 1. The fourth-order valence-electron chi connectivity index (χ4n) is 4.35. The average molecular weight is 525 g/mol. The Balaban J connectivity index is 1.54. The Hall–Kier alpha value is -3.79. The maximum atomic E-state index is 13.5. The fourth-order valence-corrected chi connectivity index (χ4v) is 4.35. The number of rotatable bonds is 8. The first-order valence-electron chi connectivity index (χ1n) is 12.9. The summed E-state index contributed by atoms with van der Waals surface area (Å²) in [5, 5.41) is 15.6. The van der Waals surface area contributed by atoms with Crippen LogP contribution in [0.1, 0.15) is 37.0 Å². The molecule has 2 aliphatic rings. The van der Waals surface area contributed by atoms with Crippen molar-refractivity contribution in [3.63, 3.8) is 0 Å². The Kier molecular flexibility index (Phi) is 8.41. The van der Waals surface area contributed by atoms with Gasteiger partial charge in [-0.25, -0.2) is 4.79 Å². The van der Waals surface area contributed by atoms with Gasteiger partial charge in [0.1, 0.15) is 17.6 Å². The molecule has 2 aromatic rings. The fraction of sp³-hybridized carbons (Fsp3) is 0.464. The van der Waals surface area contributed by atoms with E-state index in [1.807, 2.05) is 6.92 Å². The van der Waals surface area contributed by atoms with Gasteiger partial charge < -0.3 is 35.0 Å². The molecule has 0 radical (unpaired) electrons. The van der Waals surface area contributed by atoms with Crippen LogP contribution in [0, 0.1) is 11.8 Å². The van der Waals surface area contributed by atoms with Gasteiger partial charge in [0.25, 0.3) is 5.91 Å². The first kappa shape index (κ1) is 27.3. The highest BCUT2D eigenvalue weighted by Crippen LogP contribution is 2.33. The van der Waals surface area contributed by atoms with Crippen molar-refractivity contribution in [2.75, 3.05) is 44.5 Å². The third-order valence-corrected chi connectivity index (χ3v) is 7.02. The van der Waals surface area contributed by atoms with E-state index in [-0.39, 0.29) is 42.8 Å². The van der Waals surface area contributed by atoms with Gasteiger partial charge in [-0.3, -0.25) is 9.59 Å². The third-order valence-electron chi connectivity index (χ3n) is 7.02. The van der Waals surface area contributed by atoms with E-state index in [1.54, 1.807) is 73.3 Å². The van der Waals surface area contributed by atoms with Gasteiger partial charge in [0.15, 0.2) is 0 Å². The topological polar surface area (TPSA) is 120 Å². The van der Waals surface area contributed by atoms with Gasteiger partial charge in [0.05, 0.1) is 31.9 Å². The van der Waals surface area contributed by atoms with E-state index in [9.17, 15) is 19.5 Å². The normalized spacial score (nSPS) is 19.8. The molecule has 3 N–H and O–H groups in total. The molecule has 0 aromatic heterocycles. The molecule has 1 aliphatic heterocycles. The first-order valence-corrected chi connectivity index (χ1v) is 12.9. The van der Waals surface area contributed by atoms with Crippen LogP contribution in [0.2, 0.25) is 0 Å². The number of ether oxygens (including phenoxy) is 2. The zero-order chi connectivity index (χ0) is 27.4. The summed E-state index contributed by atoms with van der Waals surface area (Å²) in [5.74, 6) is 0.611. The predicted molar refractivity (Wildman–Crippen MR) is 144 cm³/mol. The molecule has 3 atom stereocenters. The van der Waals surface area contributed by atoms with E-state index >= 15 is 0 Å². The molecule has 204 valence electrons. The van der Waals surface area contributed by atoms with Crippen molar-refractivity contribution in [1.29, 1.82) is 0 Å². The molecular formula is C28H36N4O6. The van der Waals surface area contributed by atoms with Crippen LogP contribution in [0.5, 0.6) is 11.5 Å². The summed E-state index contributed by atoms with van der Waals surface area (Å²) in [4.78, 5) is 41.9. The van der Waals surface area contributed by atoms with Gasteiger partial charge in [-0.2, -0.15) is 0 Å². The molecule has 4 amide bonds. The minimum absolute atomic E-state index is 0.0275. The highest BCUT2D eigenvalue weighted by atomic mass is 16.5. The number of nitrogens with zero attached hydrogens (tertiary/aromatic N) is 2. The monoisotopic (exact) mass is 524 g/mol. The molecule has 1 fully saturated rings. The Bertz CT molecular complexity index is 1170. The minimum atomic E-state index is -0.436. The summed E-state index contributed by atoms with van der Waals surface area (Å²) < 4.78 is 11.5. The number of carbonyl (C=O) groups excluding carboxylic acids is 3. The van der Waals surface area contributed by atoms with Crippen molar-refractivity contribution >= 4 is 29.2 Å². The van der Waals surface area contributed by atoms with E-state index in [0.717, 1.165) is 12.8 Å². The summed E-state index contributed by atoms with van der Waals surface area (Å²) in [7, 11) is 3.26. The molecule has 1 saturated carbocycles. The van der Waals surface area contributed by atoms with Gasteiger partial charge >= 0.3 is 6.03 Å². The van der Waals surface area contributed by atoms with Gasteiger partial charge in [0, 0.05) is 36.8 Å². The Labute approximate surface area is 222 Å². The Morgan fingerprint density at radius 1 is 1.16 bits per heavy atom. The number of methoxy groups -OCH3 is 1. The largest absolute Gasteiger partial charge is 0.497 e. The van der Waals surface area contributed by atoms with Crippen molar-refractivity contribution in [2.45, 2.75) is 38.8 Å². The van der Waals surface area contributed by atoms with Crippen LogP contribution in [0.4, 0.5) is 16.2 Å². The van der Waals surface area contributed by atoms with Crippen LogP contribution in [-0.4, -0.2) is 78.8 Å². The number of amides is 4. The number of benzene rings is 2. The number of anilines is 2. The molecule has 1 aliphatic carbocycles. The van der Waals surface area contributed by atoms with Crippen LogP contribution < -0.4 is 20.1 Å². The van der Waals surface area contributed by atoms with Crippen LogP contribution in [0.3, 0.4) is 0 Å². The molecule has 0 spiro atoms. The van der Waals surface area contributed by atoms with Gasteiger partial charge in [-0.1, -0.05) is 6.92 Å². The second-order valence-electron chi connectivity index (χ2n) is 10.1. The third kappa shape index (κ3) is 6.36. The van der Waals surface area contributed by atoms with Crippen molar-refractivity contribution in [2.24, 2.45) is 11.8 Å². The zero-order valence-corrected chi connectivity index (χ0v) is 22.3. The molecule has 0 unspecified atom stereocenters. The van der Waals surface area contributed by atoms with Crippen molar-refractivity contribution in [1.82, 2.24) is 9.80 Å². The zero-order valence-electron chi connectivity index (χ0n) is 22.3. The number of fused-ring (bicyclic) bond motifs is 1. The number of nitrogens with one attached hydrogen (secondary N) is 2. The molecule has 4 rings (SSSR count). The maximum Gasteiger partial charge on any atom is 0.321 e. The number of aliphatic hydroxyl groups excluding tert-OH is 1. The Morgan fingerprint density at radius 3 is 2.47 bits per heavy atom. The lowest BCUT2D eigenvalue weighted by atomic mass is 9.99. The van der Waals surface area contributed by atoms with Gasteiger partial charge in [-0.05, 0) is 62.2 Å². The molecular weight excluding hydrogens is 488 g/mol. The summed E-state index contributed by atoms with van der Waals surface area (Å²) in [6.07, 6.45) is 1.31. The second-order valence-corrected chi connectivity index (χ2v) is 10.1. The SMILES string of the molecule is COc1ccc(NC(=O)N(C)C[C@H]2Oc3ccc(NC(=O)C4CC4)cc3C(=O)N([C@H](C)CO)C[C@H]2C)cc1. The molecule has 2 aromatic carbocycles. The Morgan fingerprint density at radius 2 is 1.84 bits per heavy atom. The lowest BCUT2D eigenvalue weighted by molar-refractivity contribution is -0.117. The van der Waals surface area contributed by atoms with Crippen LogP contribution in [-0.2, 0) is 4.79 Å². The smallest absolute Gasteiger partial charge is 0.321 e. The van der Waals surface area contributed by atoms with Gasteiger partial charge in [0.2, 0.25) is 5.91 Å². The van der Waals surface area contributed by atoms with E-state index in [2.05, 4.69) is 10.6 Å². The summed E-state index contributed by atoms with van der Waals surface area (Å²) in [6, 6.07) is 11.4. The summed E-state index contributed by atoms with van der Waals surface area (Å²) in [6.45, 7) is 4.14. The predicted octanol–water partition coefficient (Wildman–Crippen LogP) is 3.43. The van der Waals surface area contributed by atoms with E-state index in [4.69, 9.17) is 9.47 Å². The number of carbonyl (C=O) groups is 3. The van der Waals surface area contributed by atoms with Crippen LogP contribution >= 0.6 is 0 Å². The van der Waals surface area contributed by atoms with Crippen molar-refractivity contribution in [3.05, 3.63) is 48.0 Å². The quantitative estimate of drug-likeness (QED) is 0.487. The van der Waals surface area contributed by atoms with Crippen molar-refractivity contribution < 1.29 is 29.0 Å². The number of likely N-dealkylation sites (N-methyl/N-ethyl adjacent to an activating group) is 1.